The molecular weight excluding hydrogens is 511 g/mol. The van der Waals surface area contributed by atoms with E-state index >= 15 is 0 Å². The number of carbonyl (C=O) groups excluding carboxylic acids is 1. The first-order valence-electron chi connectivity index (χ1n) is 8.65. The molecule has 144 valence electrons. The van der Waals surface area contributed by atoms with Crippen LogP contribution in [-0.2, 0) is 0 Å². The van der Waals surface area contributed by atoms with Crippen LogP contribution >= 0.6 is 43.5 Å². The summed E-state index contributed by atoms with van der Waals surface area (Å²) >= 11 is 12.7. The third kappa shape index (κ3) is 3.83. The Hall–Kier alpha value is -1.83. The lowest BCUT2D eigenvalue weighted by atomic mass is 10.1. The third-order valence-electron chi connectivity index (χ3n) is 4.74. The van der Waals surface area contributed by atoms with Crippen LogP contribution < -0.4 is 10.5 Å². The Morgan fingerprint density at radius 2 is 1.68 bits per heavy atom. The molecule has 2 heterocycles. The van der Waals surface area contributed by atoms with Crippen LogP contribution in [0, 0.1) is 0 Å². The van der Waals surface area contributed by atoms with Crippen molar-refractivity contribution in [2.75, 3.05) is 31.1 Å². The Bertz CT molecular complexity index is 1110. The van der Waals surface area contributed by atoms with Gasteiger partial charge in [-0.1, -0.05) is 27.5 Å². The van der Waals surface area contributed by atoms with Crippen molar-refractivity contribution >= 4 is 66.0 Å². The summed E-state index contributed by atoms with van der Waals surface area (Å²) < 4.78 is 6.88. The molecule has 1 saturated heterocycles. The van der Waals surface area contributed by atoms with Crippen LogP contribution in [0.3, 0.4) is 0 Å². The second-order valence-corrected chi connectivity index (χ2v) is 8.72. The zero-order valence-corrected chi connectivity index (χ0v) is 18.6. The lowest BCUT2D eigenvalue weighted by Crippen LogP contribution is -2.49. The number of halogens is 3. The van der Waals surface area contributed by atoms with Gasteiger partial charge in [-0.3, -0.25) is 4.79 Å². The molecule has 3 aromatic rings. The van der Waals surface area contributed by atoms with E-state index in [1.165, 1.54) is 0 Å². The van der Waals surface area contributed by atoms with Gasteiger partial charge in [0.2, 0.25) is 0 Å². The Morgan fingerprint density at radius 3 is 2.36 bits per heavy atom. The molecule has 0 bridgehead atoms. The van der Waals surface area contributed by atoms with Crippen molar-refractivity contribution in [3.05, 3.63) is 72.4 Å². The van der Waals surface area contributed by atoms with E-state index in [0.717, 1.165) is 10.2 Å². The number of fused-ring (bicyclic) bond motifs is 1. The largest absolute Gasteiger partial charge is 0.421 e. The van der Waals surface area contributed by atoms with Gasteiger partial charge >= 0.3 is 5.63 Å². The molecule has 2 aromatic carbocycles. The summed E-state index contributed by atoms with van der Waals surface area (Å²) in [5, 5.41) is 1.38. The summed E-state index contributed by atoms with van der Waals surface area (Å²) in [5.74, 6) is -0.303. The molecule has 0 atom stereocenters. The lowest BCUT2D eigenvalue weighted by Gasteiger charge is -2.36. The molecule has 8 heteroatoms. The van der Waals surface area contributed by atoms with Crippen molar-refractivity contribution in [2.45, 2.75) is 0 Å². The van der Waals surface area contributed by atoms with E-state index in [1.54, 1.807) is 17.0 Å². The average Bonchev–Trinajstić information content (AvgIpc) is 2.68. The monoisotopic (exact) mass is 524 g/mol. The maximum atomic E-state index is 12.9. The molecule has 28 heavy (non-hydrogen) atoms. The van der Waals surface area contributed by atoms with Crippen molar-refractivity contribution in [2.24, 2.45) is 0 Å². The number of piperazine rings is 1. The Morgan fingerprint density at radius 1 is 1.00 bits per heavy atom. The highest BCUT2D eigenvalue weighted by Gasteiger charge is 2.25. The summed E-state index contributed by atoms with van der Waals surface area (Å²) in [7, 11) is 0. The van der Waals surface area contributed by atoms with Crippen molar-refractivity contribution in [1.29, 1.82) is 0 Å². The van der Waals surface area contributed by atoms with Gasteiger partial charge in [0.25, 0.3) is 5.91 Å². The molecule has 4 rings (SSSR count). The zero-order valence-electron chi connectivity index (χ0n) is 14.6. The molecule has 0 N–H and O–H groups in total. The Balaban J connectivity index is 1.55. The van der Waals surface area contributed by atoms with Crippen LogP contribution in [0.5, 0.6) is 0 Å². The van der Waals surface area contributed by atoms with Crippen LogP contribution in [0.25, 0.3) is 11.0 Å². The Labute approximate surface area is 183 Å². The molecule has 0 aliphatic carbocycles. The second kappa shape index (κ2) is 7.89. The number of rotatable bonds is 2. The molecule has 0 unspecified atom stereocenters. The number of benzene rings is 2. The van der Waals surface area contributed by atoms with Crippen LogP contribution in [-0.4, -0.2) is 37.0 Å². The topological polar surface area (TPSA) is 53.8 Å². The van der Waals surface area contributed by atoms with Gasteiger partial charge in [0.05, 0.1) is 4.47 Å². The number of hydrogen-bond donors (Lipinski definition) is 0. The standard InChI is InChI=1S/C20H15Br2ClN2O3/c21-13-9-12-10-16(20(27)28-18(12)17(22)11-13)19(26)25-7-5-24(6-8-25)15-3-1-14(23)2-4-15/h1-4,9-11H,5-8H2. The predicted octanol–water partition coefficient (Wildman–Crippen LogP) is 4.93. The highest BCUT2D eigenvalue weighted by molar-refractivity contribution is 9.11. The number of anilines is 1. The van der Waals surface area contributed by atoms with Crippen LogP contribution in [0.1, 0.15) is 10.4 Å². The van der Waals surface area contributed by atoms with E-state index < -0.39 is 5.63 Å². The molecule has 1 aromatic heterocycles. The van der Waals surface area contributed by atoms with E-state index in [2.05, 4.69) is 36.8 Å². The summed E-state index contributed by atoms with van der Waals surface area (Å²) in [5.41, 5.74) is 0.923. The zero-order chi connectivity index (χ0) is 19.8. The highest BCUT2D eigenvalue weighted by Crippen LogP contribution is 2.28. The van der Waals surface area contributed by atoms with Gasteiger partial charge in [-0.05, 0) is 58.4 Å². The average molecular weight is 527 g/mol. The van der Waals surface area contributed by atoms with Crippen LogP contribution in [0.15, 0.2) is 60.6 Å². The second-order valence-electron chi connectivity index (χ2n) is 6.51. The number of nitrogens with zero attached hydrogens (tertiary/aromatic N) is 2. The van der Waals surface area contributed by atoms with E-state index in [4.69, 9.17) is 16.0 Å². The quantitative estimate of drug-likeness (QED) is 0.445. The fourth-order valence-corrected chi connectivity index (χ4v) is 4.76. The fourth-order valence-electron chi connectivity index (χ4n) is 3.30. The maximum Gasteiger partial charge on any atom is 0.349 e. The van der Waals surface area contributed by atoms with Gasteiger partial charge in [-0.15, -0.1) is 0 Å². The maximum absolute atomic E-state index is 12.9. The van der Waals surface area contributed by atoms with E-state index in [1.807, 2.05) is 30.3 Å². The van der Waals surface area contributed by atoms with Crippen molar-refractivity contribution in [3.63, 3.8) is 0 Å². The molecule has 1 amide bonds. The number of hydrogen-bond acceptors (Lipinski definition) is 4. The minimum absolute atomic E-state index is 0.0532. The molecule has 1 aliphatic rings. The first-order chi connectivity index (χ1) is 13.4. The van der Waals surface area contributed by atoms with E-state index in [9.17, 15) is 9.59 Å². The molecule has 1 aliphatic heterocycles. The number of carbonyl (C=O) groups is 1. The smallest absolute Gasteiger partial charge is 0.349 e. The summed E-state index contributed by atoms with van der Waals surface area (Å²) in [6.07, 6.45) is 0. The molecule has 0 spiro atoms. The molecule has 5 nitrogen and oxygen atoms in total. The van der Waals surface area contributed by atoms with Gasteiger partial charge < -0.3 is 14.2 Å². The van der Waals surface area contributed by atoms with Crippen molar-refractivity contribution in [1.82, 2.24) is 4.90 Å². The molecule has 0 radical (unpaired) electrons. The minimum atomic E-state index is -0.624. The van der Waals surface area contributed by atoms with Gasteiger partial charge in [0.15, 0.2) is 5.58 Å². The summed E-state index contributed by atoms with van der Waals surface area (Å²) in [6.45, 7) is 2.43. The molecule has 1 fully saturated rings. The normalized spacial score (nSPS) is 14.5. The van der Waals surface area contributed by atoms with Crippen LogP contribution in [0.4, 0.5) is 5.69 Å². The SMILES string of the molecule is O=C(c1cc2cc(Br)cc(Br)c2oc1=O)N1CCN(c2ccc(Cl)cc2)CC1. The van der Waals surface area contributed by atoms with E-state index in [0.29, 0.717) is 46.6 Å². The highest BCUT2D eigenvalue weighted by atomic mass is 79.9. The predicted molar refractivity (Wildman–Crippen MR) is 117 cm³/mol. The van der Waals surface area contributed by atoms with Gasteiger partial charge in [-0.25, -0.2) is 4.79 Å². The third-order valence-corrected chi connectivity index (χ3v) is 6.04. The first kappa shape index (κ1) is 19.5. The molecule has 0 saturated carbocycles. The van der Waals surface area contributed by atoms with Crippen molar-refractivity contribution < 1.29 is 9.21 Å². The van der Waals surface area contributed by atoms with E-state index in [-0.39, 0.29) is 11.5 Å². The van der Waals surface area contributed by atoms with Gasteiger partial charge in [0.1, 0.15) is 5.56 Å². The lowest BCUT2D eigenvalue weighted by molar-refractivity contribution is 0.0742. The van der Waals surface area contributed by atoms with Crippen molar-refractivity contribution in [3.8, 4) is 0 Å². The summed E-state index contributed by atoms with van der Waals surface area (Å²) in [4.78, 5) is 29.2. The minimum Gasteiger partial charge on any atom is -0.421 e. The first-order valence-corrected chi connectivity index (χ1v) is 10.6. The molecular formula is C20H15Br2ClN2O3. The fraction of sp³-hybridized carbons (Fsp3) is 0.200. The van der Waals surface area contributed by atoms with Crippen LogP contribution in [0.2, 0.25) is 5.02 Å². The van der Waals surface area contributed by atoms with Gasteiger partial charge in [-0.2, -0.15) is 0 Å². The summed E-state index contributed by atoms with van der Waals surface area (Å²) in [6, 6.07) is 12.8. The van der Waals surface area contributed by atoms with Gasteiger partial charge in [0, 0.05) is 46.7 Å². The Kier molecular flexibility index (Phi) is 5.49. The number of amides is 1.